The molecule has 0 fully saturated rings. The van der Waals surface area contributed by atoms with Gasteiger partial charge in [0, 0.05) is 6.42 Å². The number of H-pyrrole nitrogens is 1. The van der Waals surface area contributed by atoms with Gasteiger partial charge in [-0.3, -0.25) is 5.10 Å². The Morgan fingerprint density at radius 2 is 2.19 bits per heavy atom. The highest BCUT2D eigenvalue weighted by molar-refractivity contribution is 9.10. The van der Waals surface area contributed by atoms with Crippen LogP contribution in [0, 0.1) is 0 Å². The molecule has 0 saturated carbocycles. The number of thioether (sulfide) groups is 1. The van der Waals surface area contributed by atoms with Crippen molar-refractivity contribution in [3.8, 4) is 11.5 Å². The smallest absolute Gasteiger partial charge is 0.342 e. The molecule has 0 aliphatic rings. The standard InChI is InChI=1S/C17H20BrN3O4S/c1-4-6-14-19-17(21-20-14)26-13(16(22)23)9-10-7-11(18)15(24-3)12(8-10)25-5-2/h7-9H,4-6H2,1-3H3,(H,22,23)(H,19,20,21)/b13-9-. The Balaban J connectivity index is 2.33. The molecule has 7 nitrogen and oxygen atoms in total. The van der Waals surface area contributed by atoms with Gasteiger partial charge in [-0.05, 0) is 64.8 Å². The molecule has 1 heterocycles. The number of carboxylic acid groups (broad SMARTS) is 1. The first-order valence-corrected chi connectivity index (χ1v) is 9.63. The van der Waals surface area contributed by atoms with Crippen LogP contribution in [0.1, 0.15) is 31.7 Å². The minimum atomic E-state index is -1.05. The van der Waals surface area contributed by atoms with Gasteiger partial charge in [0.15, 0.2) is 11.5 Å². The number of aliphatic carboxylic acids is 1. The van der Waals surface area contributed by atoms with Gasteiger partial charge in [-0.25, -0.2) is 9.78 Å². The molecule has 0 unspecified atom stereocenters. The van der Waals surface area contributed by atoms with E-state index in [-0.39, 0.29) is 4.91 Å². The van der Waals surface area contributed by atoms with E-state index in [1.807, 2.05) is 13.8 Å². The van der Waals surface area contributed by atoms with Gasteiger partial charge in [-0.2, -0.15) is 0 Å². The third-order valence-corrected chi connectivity index (χ3v) is 4.71. The van der Waals surface area contributed by atoms with Gasteiger partial charge in [-0.1, -0.05) is 6.92 Å². The lowest BCUT2D eigenvalue weighted by Gasteiger charge is -2.12. The van der Waals surface area contributed by atoms with Crippen LogP contribution in [0.25, 0.3) is 6.08 Å². The maximum Gasteiger partial charge on any atom is 0.342 e. The lowest BCUT2D eigenvalue weighted by Crippen LogP contribution is -1.99. The molecule has 0 amide bonds. The fourth-order valence-electron chi connectivity index (χ4n) is 2.19. The van der Waals surface area contributed by atoms with Crippen molar-refractivity contribution >= 4 is 39.7 Å². The van der Waals surface area contributed by atoms with E-state index < -0.39 is 5.97 Å². The molecule has 0 aliphatic heterocycles. The van der Waals surface area contributed by atoms with E-state index in [0.717, 1.165) is 30.4 Å². The molecular formula is C17H20BrN3O4S. The maximum absolute atomic E-state index is 11.6. The zero-order valence-corrected chi connectivity index (χ0v) is 17.1. The summed E-state index contributed by atoms with van der Waals surface area (Å²) in [5, 5.41) is 16.8. The van der Waals surface area contributed by atoms with Crippen LogP contribution in [-0.4, -0.2) is 40.0 Å². The molecule has 0 bridgehead atoms. The molecule has 0 saturated heterocycles. The topological polar surface area (TPSA) is 97.3 Å². The van der Waals surface area contributed by atoms with Crippen LogP contribution >= 0.6 is 27.7 Å². The number of aromatic amines is 1. The Morgan fingerprint density at radius 1 is 1.42 bits per heavy atom. The van der Waals surface area contributed by atoms with Crippen molar-refractivity contribution in [2.75, 3.05) is 13.7 Å². The summed E-state index contributed by atoms with van der Waals surface area (Å²) in [6.07, 6.45) is 3.25. The molecule has 1 aromatic heterocycles. The summed E-state index contributed by atoms with van der Waals surface area (Å²) in [7, 11) is 1.55. The fourth-order valence-corrected chi connectivity index (χ4v) is 3.54. The predicted octanol–water partition coefficient (Wildman–Crippen LogP) is 4.14. The molecule has 140 valence electrons. The number of methoxy groups -OCH3 is 1. The third-order valence-electron chi connectivity index (χ3n) is 3.24. The number of carbonyl (C=O) groups is 1. The number of aromatic nitrogens is 3. The van der Waals surface area contributed by atoms with E-state index in [1.165, 1.54) is 0 Å². The van der Waals surface area contributed by atoms with Crippen molar-refractivity contribution < 1.29 is 19.4 Å². The summed E-state index contributed by atoms with van der Waals surface area (Å²) in [5.74, 6) is 0.785. The monoisotopic (exact) mass is 441 g/mol. The van der Waals surface area contributed by atoms with Crippen LogP contribution in [0.4, 0.5) is 0 Å². The largest absolute Gasteiger partial charge is 0.492 e. The van der Waals surface area contributed by atoms with Gasteiger partial charge in [0.2, 0.25) is 5.16 Å². The van der Waals surface area contributed by atoms with Gasteiger partial charge < -0.3 is 14.6 Å². The average molecular weight is 442 g/mol. The molecular weight excluding hydrogens is 422 g/mol. The number of benzene rings is 1. The Labute approximate surface area is 164 Å². The molecule has 2 aromatic rings. The highest BCUT2D eigenvalue weighted by Crippen LogP contribution is 2.38. The minimum absolute atomic E-state index is 0.103. The van der Waals surface area contributed by atoms with Crippen molar-refractivity contribution in [2.24, 2.45) is 0 Å². The van der Waals surface area contributed by atoms with Gasteiger partial charge >= 0.3 is 5.97 Å². The fraction of sp³-hybridized carbons (Fsp3) is 0.353. The molecule has 9 heteroatoms. The number of carboxylic acids is 1. The van der Waals surface area contributed by atoms with Crippen molar-refractivity contribution in [2.45, 2.75) is 31.8 Å². The molecule has 1 aromatic carbocycles. The lowest BCUT2D eigenvalue weighted by atomic mass is 10.2. The SMILES string of the molecule is CCCc1nc(S/C(=C\c2cc(Br)c(OC)c(OCC)c2)C(=O)O)n[nH]1. The molecule has 0 aliphatic carbocycles. The van der Waals surface area contributed by atoms with Crippen LogP contribution in [0.3, 0.4) is 0 Å². The van der Waals surface area contributed by atoms with Crippen molar-refractivity contribution in [3.05, 3.63) is 32.9 Å². The highest BCUT2D eigenvalue weighted by Gasteiger charge is 2.16. The van der Waals surface area contributed by atoms with E-state index in [1.54, 1.807) is 25.3 Å². The second kappa shape index (κ2) is 9.63. The van der Waals surface area contributed by atoms with Crippen LogP contribution in [0.5, 0.6) is 11.5 Å². The second-order valence-corrected chi connectivity index (χ2v) is 7.06. The average Bonchev–Trinajstić information content (AvgIpc) is 3.02. The zero-order valence-electron chi connectivity index (χ0n) is 14.7. The van der Waals surface area contributed by atoms with Gasteiger partial charge in [0.25, 0.3) is 0 Å². The minimum Gasteiger partial charge on any atom is -0.492 e. The summed E-state index contributed by atoms with van der Waals surface area (Å²) in [5.41, 5.74) is 0.662. The first kappa shape index (κ1) is 20.3. The van der Waals surface area contributed by atoms with E-state index in [9.17, 15) is 9.90 Å². The zero-order chi connectivity index (χ0) is 19.1. The van der Waals surface area contributed by atoms with Crippen LogP contribution in [-0.2, 0) is 11.2 Å². The van der Waals surface area contributed by atoms with E-state index in [4.69, 9.17) is 9.47 Å². The summed E-state index contributed by atoms with van der Waals surface area (Å²) in [6.45, 7) is 4.37. The number of rotatable bonds is 9. The Bertz CT molecular complexity index is 807. The predicted molar refractivity (Wildman–Crippen MR) is 104 cm³/mol. The van der Waals surface area contributed by atoms with E-state index in [0.29, 0.717) is 33.3 Å². The number of ether oxygens (including phenoxy) is 2. The summed E-state index contributed by atoms with van der Waals surface area (Å²) in [6, 6.07) is 3.50. The first-order valence-electron chi connectivity index (χ1n) is 8.02. The number of nitrogens with zero attached hydrogens (tertiary/aromatic N) is 2. The Hall–Kier alpha value is -2.00. The van der Waals surface area contributed by atoms with Gasteiger partial charge in [0.05, 0.1) is 18.2 Å². The molecule has 2 rings (SSSR count). The third kappa shape index (κ3) is 5.25. The molecule has 26 heavy (non-hydrogen) atoms. The molecule has 0 spiro atoms. The lowest BCUT2D eigenvalue weighted by molar-refractivity contribution is -0.131. The highest BCUT2D eigenvalue weighted by atomic mass is 79.9. The summed E-state index contributed by atoms with van der Waals surface area (Å²) < 4.78 is 11.6. The molecule has 0 radical (unpaired) electrons. The normalized spacial score (nSPS) is 11.5. The summed E-state index contributed by atoms with van der Waals surface area (Å²) >= 11 is 4.42. The van der Waals surface area contributed by atoms with Gasteiger partial charge in [0.1, 0.15) is 10.7 Å². The number of halogens is 1. The number of nitrogens with one attached hydrogen (secondary N) is 1. The quantitative estimate of drug-likeness (QED) is 0.445. The second-order valence-electron chi connectivity index (χ2n) is 5.20. The van der Waals surface area contributed by atoms with Crippen LogP contribution in [0.2, 0.25) is 0 Å². The van der Waals surface area contributed by atoms with Crippen LogP contribution in [0.15, 0.2) is 26.7 Å². The van der Waals surface area contributed by atoms with E-state index >= 15 is 0 Å². The Morgan fingerprint density at radius 3 is 2.81 bits per heavy atom. The Kier molecular flexibility index (Phi) is 7.52. The van der Waals surface area contributed by atoms with Crippen molar-refractivity contribution in [1.29, 1.82) is 0 Å². The van der Waals surface area contributed by atoms with Gasteiger partial charge in [-0.15, -0.1) is 5.10 Å². The van der Waals surface area contributed by atoms with Crippen molar-refractivity contribution in [1.82, 2.24) is 15.2 Å². The summed E-state index contributed by atoms with van der Waals surface area (Å²) in [4.78, 5) is 16.0. The van der Waals surface area contributed by atoms with Crippen LogP contribution < -0.4 is 9.47 Å². The number of hydrogen-bond donors (Lipinski definition) is 2. The molecule has 2 N–H and O–H groups in total. The number of hydrogen-bond acceptors (Lipinski definition) is 6. The van der Waals surface area contributed by atoms with Crippen molar-refractivity contribution in [3.63, 3.8) is 0 Å². The van der Waals surface area contributed by atoms with E-state index in [2.05, 4.69) is 31.1 Å². The molecule has 0 atom stereocenters. The first-order chi connectivity index (χ1) is 12.5. The number of aryl methyl sites for hydroxylation is 1. The maximum atomic E-state index is 11.6.